The first-order chi connectivity index (χ1) is 8.82. The Labute approximate surface area is 110 Å². The van der Waals surface area contributed by atoms with Crippen molar-refractivity contribution in [3.63, 3.8) is 0 Å². The van der Waals surface area contributed by atoms with Gasteiger partial charge in [0.25, 0.3) is 0 Å². The van der Waals surface area contributed by atoms with Crippen molar-refractivity contribution in [1.82, 2.24) is 9.78 Å². The van der Waals surface area contributed by atoms with Gasteiger partial charge in [0, 0.05) is 19.5 Å². The summed E-state index contributed by atoms with van der Waals surface area (Å²) in [5.41, 5.74) is 0.320. The van der Waals surface area contributed by atoms with Crippen LogP contribution in [0.1, 0.15) is 31.9 Å². The monoisotopic (exact) mass is 270 g/mol. The Kier molecular flexibility index (Phi) is 4.85. The van der Waals surface area contributed by atoms with E-state index in [1.54, 1.807) is 14.0 Å². The third-order valence-electron chi connectivity index (χ3n) is 2.78. The van der Waals surface area contributed by atoms with E-state index < -0.39 is 10.9 Å². The molecule has 0 saturated heterocycles. The summed E-state index contributed by atoms with van der Waals surface area (Å²) in [5.74, 6) is -0.486. The lowest BCUT2D eigenvalue weighted by Crippen LogP contribution is -2.18. The number of aryl methyl sites for hydroxylation is 2. The Hall–Kier alpha value is -2.12. The molecule has 106 valence electrons. The molecule has 8 nitrogen and oxygen atoms in total. The van der Waals surface area contributed by atoms with Crippen LogP contribution in [0.15, 0.2) is 0 Å². The van der Waals surface area contributed by atoms with Crippen LogP contribution in [0.4, 0.5) is 11.5 Å². The number of nitrogens with zero attached hydrogens (tertiary/aromatic N) is 3. The smallest absolute Gasteiger partial charge is 0.333 e. The van der Waals surface area contributed by atoms with Crippen LogP contribution in [0, 0.1) is 17.0 Å². The fourth-order valence-corrected chi connectivity index (χ4v) is 1.89. The van der Waals surface area contributed by atoms with E-state index in [0.717, 1.165) is 0 Å². The Bertz CT molecular complexity index is 483. The fraction of sp³-hybridized carbons (Fsp3) is 0.636. The van der Waals surface area contributed by atoms with Crippen LogP contribution in [0.2, 0.25) is 0 Å². The maximum Gasteiger partial charge on any atom is 0.333 e. The molecule has 1 rings (SSSR count). The number of carbonyl (C=O) groups is 1. The number of aliphatic carboxylic acids is 1. The first kappa shape index (κ1) is 14.9. The normalized spacial score (nSPS) is 12.2. The van der Waals surface area contributed by atoms with Gasteiger partial charge in [-0.25, -0.2) is 4.68 Å². The zero-order chi connectivity index (χ0) is 14.6. The maximum absolute atomic E-state index is 11.0. The number of carboxylic acids is 1. The van der Waals surface area contributed by atoms with Gasteiger partial charge in [0.05, 0.1) is 4.92 Å². The molecular formula is C11H18N4O4. The van der Waals surface area contributed by atoms with Gasteiger partial charge in [0.2, 0.25) is 5.82 Å². The van der Waals surface area contributed by atoms with E-state index in [2.05, 4.69) is 10.4 Å². The average Bonchev–Trinajstić information content (AvgIpc) is 2.53. The number of aromatic nitrogens is 2. The van der Waals surface area contributed by atoms with Crippen molar-refractivity contribution >= 4 is 17.5 Å². The highest BCUT2D eigenvalue weighted by molar-refractivity contribution is 5.66. The van der Waals surface area contributed by atoms with Crippen molar-refractivity contribution in [3.05, 3.63) is 15.8 Å². The summed E-state index contributed by atoms with van der Waals surface area (Å²) in [7, 11) is 1.63. The van der Waals surface area contributed by atoms with Crippen LogP contribution < -0.4 is 5.32 Å². The third-order valence-corrected chi connectivity index (χ3v) is 2.78. The number of nitrogens with one attached hydrogen (secondary N) is 1. The summed E-state index contributed by atoms with van der Waals surface area (Å²) < 4.78 is 1.43. The van der Waals surface area contributed by atoms with Gasteiger partial charge in [0.1, 0.15) is 5.69 Å². The first-order valence-electron chi connectivity index (χ1n) is 5.99. The molecule has 1 atom stereocenters. The standard InChI is InChI=1S/C11H18N4O4/c1-7(5-4-6-9(16)17)12-11-10(15(18)19)8(2)13-14(11)3/h7,12H,4-6H2,1-3H3,(H,16,17). The minimum atomic E-state index is -0.838. The first-order valence-corrected chi connectivity index (χ1v) is 5.99. The van der Waals surface area contributed by atoms with E-state index in [9.17, 15) is 14.9 Å². The van der Waals surface area contributed by atoms with Crippen LogP contribution in [0.3, 0.4) is 0 Å². The van der Waals surface area contributed by atoms with Gasteiger partial charge in [-0.3, -0.25) is 14.9 Å². The number of rotatable bonds is 7. The molecule has 1 heterocycles. The topological polar surface area (TPSA) is 110 Å². The molecule has 0 bridgehead atoms. The predicted molar refractivity (Wildman–Crippen MR) is 69.2 cm³/mol. The van der Waals surface area contributed by atoms with Crippen molar-refractivity contribution in [3.8, 4) is 0 Å². The molecule has 0 aromatic carbocycles. The second-order valence-electron chi connectivity index (χ2n) is 4.49. The molecule has 0 radical (unpaired) electrons. The molecule has 0 spiro atoms. The van der Waals surface area contributed by atoms with Gasteiger partial charge in [0.15, 0.2) is 0 Å². The van der Waals surface area contributed by atoms with E-state index >= 15 is 0 Å². The van der Waals surface area contributed by atoms with E-state index in [1.165, 1.54) is 4.68 Å². The van der Waals surface area contributed by atoms with E-state index in [0.29, 0.717) is 24.4 Å². The summed E-state index contributed by atoms with van der Waals surface area (Å²) in [6, 6.07) is -0.0622. The highest BCUT2D eigenvalue weighted by Gasteiger charge is 2.24. The Balaban J connectivity index is 2.71. The Morgan fingerprint density at radius 2 is 2.26 bits per heavy atom. The molecule has 1 unspecified atom stereocenters. The largest absolute Gasteiger partial charge is 0.481 e. The van der Waals surface area contributed by atoms with Crippen LogP contribution in [-0.2, 0) is 11.8 Å². The Morgan fingerprint density at radius 3 is 2.79 bits per heavy atom. The maximum atomic E-state index is 11.0. The second kappa shape index (κ2) is 6.17. The molecule has 2 N–H and O–H groups in total. The lowest BCUT2D eigenvalue weighted by atomic mass is 10.1. The molecule has 19 heavy (non-hydrogen) atoms. The molecule has 0 fully saturated rings. The number of nitro groups is 1. The zero-order valence-electron chi connectivity index (χ0n) is 11.2. The molecule has 0 aliphatic rings. The summed E-state index contributed by atoms with van der Waals surface area (Å²) in [6.45, 7) is 3.44. The van der Waals surface area contributed by atoms with E-state index in [1.807, 2.05) is 6.92 Å². The van der Waals surface area contributed by atoms with Gasteiger partial charge >= 0.3 is 11.7 Å². The van der Waals surface area contributed by atoms with Crippen LogP contribution >= 0.6 is 0 Å². The van der Waals surface area contributed by atoms with Crippen molar-refractivity contribution in [2.24, 2.45) is 7.05 Å². The van der Waals surface area contributed by atoms with Gasteiger partial charge in [-0.05, 0) is 26.7 Å². The minimum Gasteiger partial charge on any atom is -0.481 e. The molecule has 0 amide bonds. The van der Waals surface area contributed by atoms with E-state index in [4.69, 9.17) is 5.11 Å². The number of hydrogen-bond donors (Lipinski definition) is 2. The van der Waals surface area contributed by atoms with Gasteiger partial charge in [-0.15, -0.1) is 0 Å². The molecule has 0 saturated carbocycles. The highest BCUT2D eigenvalue weighted by Crippen LogP contribution is 2.28. The zero-order valence-corrected chi connectivity index (χ0v) is 11.2. The van der Waals surface area contributed by atoms with Crippen molar-refractivity contribution < 1.29 is 14.8 Å². The van der Waals surface area contributed by atoms with Crippen molar-refractivity contribution in [1.29, 1.82) is 0 Å². The molecule has 8 heteroatoms. The third kappa shape index (κ3) is 3.94. The molecule has 0 aliphatic heterocycles. The molecule has 1 aromatic rings. The van der Waals surface area contributed by atoms with Gasteiger partial charge in [-0.2, -0.15) is 5.10 Å². The van der Waals surface area contributed by atoms with Crippen LogP contribution in [-0.4, -0.2) is 31.8 Å². The minimum absolute atomic E-state index is 0.0346. The van der Waals surface area contributed by atoms with Crippen LogP contribution in [0.25, 0.3) is 0 Å². The average molecular weight is 270 g/mol. The second-order valence-corrected chi connectivity index (χ2v) is 4.49. The number of hydrogen-bond acceptors (Lipinski definition) is 5. The van der Waals surface area contributed by atoms with Crippen molar-refractivity contribution in [2.45, 2.75) is 39.2 Å². The van der Waals surface area contributed by atoms with E-state index in [-0.39, 0.29) is 18.2 Å². The highest BCUT2D eigenvalue weighted by atomic mass is 16.6. The molecular weight excluding hydrogens is 252 g/mol. The van der Waals surface area contributed by atoms with Gasteiger partial charge in [-0.1, -0.05) is 0 Å². The van der Waals surface area contributed by atoms with Crippen molar-refractivity contribution in [2.75, 3.05) is 5.32 Å². The summed E-state index contributed by atoms with van der Waals surface area (Å²) in [6.07, 6.45) is 1.24. The summed E-state index contributed by atoms with van der Waals surface area (Å²) in [4.78, 5) is 20.9. The number of carboxylic acid groups (broad SMARTS) is 1. The van der Waals surface area contributed by atoms with Crippen LogP contribution in [0.5, 0.6) is 0 Å². The quantitative estimate of drug-likeness (QED) is 0.576. The molecule has 0 aliphatic carbocycles. The fourth-order valence-electron chi connectivity index (χ4n) is 1.89. The Morgan fingerprint density at radius 1 is 1.63 bits per heavy atom. The SMILES string of the molecule is Cc1nn(C)c(NC(C)CCCC(=O)O)c1[N+](=O)[O-]. The molecule has 1 aromatic heterocycles. The predicted octanol–water partition coefficient (Wildman–Crippen LogP) is 1.69. The number of anilines is 1. The van der Waals surface area contributed by atoms with Gasteiger partial charge < -0.3 is 10.4 Å². The summed E-state index contributed by atoms with van der Waals surface area (Å²) in [5, 5.41) is 26.6. The lowest BCUT2D eigenvalue weighted by Gasteiger charge is -2.14. The summed E-state index contributed by atoms with van der Waals surface area (Å²) >= 11 is 0. The lowest BCUT2D eigenvalue weighted by molar-refractivity contribution is -0.384.